The van der Waals surface area contributed by atoms with E-state index in [1.54, 1.807) is 18.3 Å². The van der Waals surface area contributed by atoms with Gasteiger partial charge >= 0.3 is 0 Å². The maximum absolute atomic E-state index is 12.5. The molecule has 1 aromatic heterocycles. The molecule has 128 valence electrons. The highest BCUT2D eigenvalue weighted by atomic mass is 79.9. The summed E-state index contributed by atoms with van der Waals surface area (Å²) in [6.07, 6.45) is 3.64. The quantitative estimate of drug-likeness (QED) is 0.687. The van der Waals surface area contributed by atoms with Crippen molar-refractivity contribution >= 4 is 21.8 Å². The van der Waals surface area contributed by atoms with Gasteiger partial charge in [-0.2, -0.15) is 5.10 Å². The molecule has 0 saturated carbocycles. The minimum atomic E-state index is -0.309. The lowest BCUT2D eigenvalue weighted by molar-refractivity contribution is 0.0948. The van der Waals surface area contributed by atoms with Crippen molar-refractivity contribution in [3.05, 3.63) is 81.6 Å². The van der Waals surface area contributed by atoms with E-state index < -0.39 is 0 Å². The SMILES string of the molecule is Cc1cc(Br)c(O)c(C(=O)NCc2ccccc2Cn2cccn2)c1. The molecule has 1 heterocycles. The second-order valence-corrected chi connectivity index (χ2v) is 6.65. The number of nitrogens with one attached hydrogen (secondary N) is 1. The molecule has 3 aromatic rings. The fraction of sp³-hybridized carbons (Fsp3) is 0.158. The van der Waals surface area contributed by atoms with Crippen molar-refractivity contribution in [1.29, 1.82) is 0 Å². The number of halogens is 1. The number of aromatic hydroxyl groups is 1. The Morgan fingerprint density at radius 1 is 1.24 bits per heavy atom. The zero-order valence-electron chi connectivity index (χ0n) is 13.7. The molecule has 0 fully saturated rings. The molecule has 1 amide bonds. The van der Waals surface area contributed by atoms with Crippen LogP contribution in [0, 0.1) is 6.92 Å². The molecule has 0 radical (unpaired) electrons. The van der Waals surface area contributed by atoms with Crippen molar-refractivity contribution in [1.82, 2.24) is 15.1 Å². The van der Waals surface area contributed by atoms with E-state index in [9.17, 15) is 9.90 Å². The van der Waals surface area contributed by atoms with E-state index in [2.05, 4.69) is 26.3 Å². The number of amides is 1. The van der Waals surface area contributed by atoms with Crippen LogP contribution in [0.2, 0.25) is 0 Å². The normalized spacial score (nSPS) is 10.6. The standard InChI is InChI=1S/C19H18BrN3O2/c1-13-9-16(18(24)17(20)10-13)19(25)21-11-14-5-2-3-6-15(14)12-23-8-4-7-22-23/h2-10,24H,11-12H2,1H3,(H,21,25). The van der Waals surface area contributed by atoms with Gasteiger partial charge in [0.1, 0.15) is 5.75 Å². The smallest absolute Gasteiger partial charge is 0.255 e. The average molecular weight is 400 g/mol. The molecule has 0 saturated heterocycles. The van der Waals surface area contributed by atoms with Gasteiger partial charge in [-0.25, -0.2) is 0 Å². The van der Waals surface area contributed by atoms with Crippen LogP contribution < -0.4 is 5.32 Å². The van der Waals surface area contributed by atoms with E-state index >= 15 is 0 Å². The summed E-state index contributed by atoms with van der Waals surface area (Å²) in [5, 5.41) is 17.2. The van der Waals surface area contributed by atoms with E-state index in [1.807, 2.05) is 48.1 Å². The van der Waals surface area contributed by atoms with Gasteiger partial charge in [-0.1, -0.05) is 24.3 Å². The summed E-state index contributed by atoms with van der Waals surface area (Å²) in [7, 11) is 0. The third kappa shape index (κ3) is 4.09. The second-order valence-electron chi connectivity index (χ2n) is 5.80. The topological polar surface area (TPSA) is 67.2 Å². The molecule has 3 rings (SSSR count). The van der Waals surface area contributed by atoms with Crippen molar-refractivity contribution in [3.63, 3.8) is 0 Å². The summed E-state index contributed by atoms with van der Waals surface area (Å²) in [6, 6.07) is 13.2. The van der Waals surface area contributed by atoms with E-state index in [-0.39, 0.29) is 17.2 Å². The highest BCUT2D eigenvalue weighted by Gasteiger charge is 2.15. The van der Waals surface area contributed by atoms with Crippen molar-refractivity contribution in [2.75, 3.05) is 0 Å². The Morgan fingerprint density at radius 2 is 2.00 bits per heavy atom. The summed E-state index contributed by atoms with van der Waals surface area (Å²) in [5.74, 6) is -0.358. The van der Waals surface area contributed by atoms with E-state index in [1.165, 1.54) is 0 Å². The number of hydrogen-bond donors (Lipinski definition) is 2. The molecule has 6 heteroatoms. The third-order valence-electron chi connectivity index (χ3n) is 3.90. The van der Waals surface area contributed by atoms with Crippen LogP contribution in [0.5, 0.6) is 5.75 Å². The lowest BCUT2D eigenvalue weighted by Gasteiger charge is -2.12. The van der Waals surface area contributed by atoms with E-state index in [0.29, 0.717) is 17.6 Å². The fourth-order valence-electron chi connectivity index (χ4n) is 2.63. The van der Waals surface area contributed by atoms with Gasteiger partial charge in [0.2, 0.25) is 0 Å². The van der Waals surface area contributed by atoms with Gasteiger partial charge < -0.3 is 10.4 Å². The van der Waals surface area contributed by atoms with E-state index in [0.717, 1.165) is 16.7 Å². The fourth-order valence-corrected chi connectivity index (χ4v) is 3.21. The Bertz CT molecular complexity index is 892. The molecular weight excluding hydrogens is 382 g/mol. The van der Waals surface area contributed by atoms with E-state index in [4.69, 9.17) is 0 Å². The first kappa shape index (κ1) is 17.2. The molecule has 2 aromatic carbocycles. The highest BCUT2D eigenvalue weighted by molar-refractivity contribution is 9.10. The maximum Gasteiger partial charge on any atom is 0.255 e. The van der Waals surface area contributed by atoms with Gasteiger partial charge in [0, 0.05) is 18.9 Å². The monoisotopic (exact) mass is 399 g/mol. The van der Waals surface area contributed by atoms with Crippen LogP contribution >= 0.6 is 15.9 Å². The Kier molecular flexibility index (Phi) is 5.19. The number of aryl methyl sites for hydroxylation is 1. The zero-order chi connectivity index (χ0) is 17.8. The summed E-state index contributed by atoms with van der Waals surface area (Å²) in [6.45, 7) is 2.89. The molecule has 2 N–H and O–H groups in total. The Balaban J connectivity index is 1.75. The first-order valence-corrected chi connectivity index (χ1v) is 8.65. The number of carbonyl (C=O) groups excluding carboxylic acids is 1. The first-order valence-electron chi connectivity index (χ1n) is 7.86. The second kappa shape index (κ2) is 7.53. The first-order chi connectivity index (χ1) is 12.0. The van der Waals surface area contributed by atoms with Crippen LogP contribution in [0.15, 0.2) is 59.3 Å². The van der Waals surface area contributed by atoms with Gasteiger partial charge in [-0.3, -0.25) is 9.48 Å². The van der Waals surface area contributed by atoms with Crippen LogP contribution in [-0.2, 0) is 13.1 Å². The predicted molar refractivity (Wildman–Crippen MR) is 99.5 cm³/mol. The van der Waals surface area contributed by atoms with Gasteiger partial charge in [0.05, 0.1) is 16.6 Å². The number of nitrogens with zero attached hydrogens (tertiary/aromatic N) is 2. The number of carbonyl (C=O) groups is 1. The number of benzene rings is 2. The lowest BCUT2D eigenvalue weighted by atomic mass is 10.1. The highest BCUT2D eigenvalue weighted by Crippen LogP contribution is 2.29. The van der Waals surface area contributed by atoms with Crippen molar-refractivity contribution in [2.45, 2.75) is 20.0 Å². The number of phenolic OH excluding ortho intramolecular Hbond substituents is 1. The Labute approximate surface area is 154 Å². The summed E-state index contributed by atoms with van der Waals surface area (Å²) in [5.41, 5.74) is 3.25. The van der Waals surface area contributed by atoms with Crippen LogP contribution in [0.4, 0.5) is 0 Å². The van der Waals surface area contributed by atoms with Crippen LogP contribution in [-0.4, -0.2) is 20.8 Å². The molecule has 0 atom stereocenters. The van der Waals surface area contributed by atoms with Crippen LogP contribution in [0.25, 0.3) is 0 Å². The molecule has 5 nitrogen and oxygen atoms in total. The molecular formula is C19H18BrN3O2. The van der Waals surface area contributed by atoms with Gasteiger partial charge in [-0.05, 0) is 57.7 Å². The van der Waals surface area contributed by atoms with Crippen molar-refractivity contribution < 1.29 is 9.90 Å². The predicted octanol–water partition coefficient (Wildman–Crippen LogP) is 3.64. The molecule has 0 aliphatic heterocycles. The molecule has 0 bridgehead atoms. The average Bonchev–Trinajstić information content (AvgIpc) is 3.10. The summed E-state index contributed by atoms with van der Waals surface area (Å²) >= 11 is 3.27. The zero-order valence-corrected chi connectivity index (χ0v) is 15.3. The molecule has 0 aliphatic carbocycles. The number of phenols is 1. The van der Waals surface area contributed by atoms with Gasteiger partial charge in [-0.15, -0.1) is 0 Å². The van der Waals surface area contributed by atoms with Crippen LogP contribution in [0.1, 0.15) is 27.0 Å². The molecule has 0 spiro atoms. The van der Waals surface area contributed by atoms with Gasteiger partial charge in [0.25, 0.3) is 5.91 Å². The van der Waals surface area contributed by atoms with Crippen molar-refractivity contribution in [3.8, 4) is 5.75 Å². The minimum Gasteiger partial charge on any atom is -0.506 e. The Morgan fingerprint density at radius 3 is 2.72 bits per heavy atom. The third-order valence-corrected chi connectivity index (χ3v) is 4.51. The lowest BCUT2D eigenvalue weighted by Crippen LogP contribution is -2.24. The molecule has 0 unspecified atom stereocenters. The molecule has 0 aliphatic rings. The maximum atomic E-state index is 12.5. The number of rotatable bonds is 5. The summed E-state index contributed by atoms with van der Waals surface area (Å²) < 4.78 is 2.35. The summed E-state index contributed by atoms with van der Waals surface area (Å²) in [4.78, 5) is 12.5. The van der Waals surface area contributed by atoms with Gasteiger partial charge in [0.15, 0.2) is 0 Å². The van der Waals surface area contributed by atoms with Crippen molar-refractivity contribution in [2.24, 2.45) is 0 Å². The molecule has 25 heavy (non-hydrogen) atoms. The number of aromatic nitrogens is 2. The Hall–Kier alpha value is -2.60. The van der Waals surface area contributed by atoms with Crippen LogP contribution in [0.3, 0.4) is 0 Å². The number of hydrogen-bond acceptors (Lipinski definition) is 3. The minimum absolute atomic E-state index is 0.0482. The largest absolute Gasteiger partial charge is 0.506 e.